The van der Waals surface area contributed by atoms with Crippen LogP contribution >= 0.6 is 0 Å². The van der Waals surface area contributed by atoms with E-state index in [2.05, 4.69) is 83.6 Å². The SMILES string of the molecule is CCC1=C(CC)c2nc1cc1[nH]c(cc3[nH]c(cc4nc(c2-c2ccc(O[C@@H]5O[C@H](CO)[C@H](O)[C@H](O)[C@@H]5O)c([N+](=O)[O-])c2)C(CC)=C4CC)c(CC)c3CC)c(CC)c1CC. The van der Waals surface area contributed by atoms with Gasteiger partial charge < -0.3 is 39.9 Å². The van der Waals surface area contributed by atoms with Gasteiger partial charge in [0.15, 0.2) is 5.75 Å². The highest BCUT2D eigenvalue weighted by Crippen LogP contribution is 2.47. The van der Waals surface area contributed by atoms with Crippen LogP contribution in [0, 0.1) is 10.1 Å². The molecule has 6 heterocycles. The molecule has 3 aliphatic rings. The highest BCUT2D eigenvalue weighted by atomic mass is 16.7. The van der Waals surface area contributed by atoms with Gasteiger partial charge in [-0.25, -0.2) is 9.97 Å². The maximum absolute atomic E-state index is 12.9. The van der Waals surface area contributed by atoms with E-state index in [0.717, 1.165) is 81.4 Å². The summed E-state index contributed by atoms with van der Waals surface area (Å²) >= 11 is 0. The van der Waals surface area contributed by atoms with Crippen molar-refractivity contribution in [1.82, 2.24) is 19.9 Å². The molecular formula is C48H59N5O8. The van der Waals surface area contributed by atoms with Crippen molar-refractivity contribution in [2.45, 2.75) is 137 Å². The smallest absolute Gasteiger partial charge is 0.311 e. The lowest BCUT2D eigenvalue weighted by Gasteiger charge is -2.39. The lowest BCUT2D eigenvalue weighted by atomic mass is 9.90. The lowest BCUT2D eigenvalue weighted by molar-refractivity contribution is -0.387. The Hall–Kier alpha value is -5.18. The van der Waals surface area contributed by atoms with Crippen LogP contribution in [0.4, 0.5) is 5.69 Å². The number of benzene rings is 1. The number of rotatable bonds is 13. The standard InChI is InChI=1S/C48H59N5O8/c1-9-25-27(11-3)35-21-37-29(13-5)31(15-7)43(51-37)42(24-17-18-40(39(19-24)53(58)59)60-48-47(57)46(56)45(55)41(23-54)61-48)44-32(16-8)30(14-6)38(52-44)22-36-28(12-4)26(10-2)34(50-36)20-33(25)49-35/h17-22,41,45-50,54-57H,9-16,23H2,1-8H3/t41-,45+,46+,47+,48-/m1/s1. The summed E-state index contributed by atoms with van der Waals surface area (Å²) in [6.07, 6.45) is -1.85. The van der Waals surface area contributed by atoms with Crippen LogP contribution in [0.3, 0.4) is 0 Å². The second kappa shape index (κ2) is 18.0. The third-order valence-electron chi connectivity index (χ3n) is 12.6. The Bertz CT molecular complexity index is 2460. The number of hydrogen-bond acceptors (Lipinski definition) is 10. The molecule has 0 saturated carbocycles. The van der Waals surface area contributed by atoms with Gasteiger partial charge in [-0.05, 0) is 126 Å². The number of ether oxygens (including phenoxy) is 2. The summed E-state index contributed by atoms with van der Waals surface area (Å²) in [5.74, 6) is -0.227. The van der Waals surface area contributed by atoms with E-state index in [1.54, 1.807) is 6.07 Å². The number of aryl methyl sites for hydroxylation is 4. The van der Waals surface area contributed by atoms with E-state index in [4.69, 9.17) is 19.4 Å². The first-order valence-electron chi connectivity index (χ1n) is 21.9. The van der Waals surface area contributed by atoms with Crippen LogP contribution in [0.1, 0.15) is 126 Å². The van der Waals surface area contributed by atoms with E-state index >= 15 is 0 Å². The molecule has 1 aromatic carbocycles. The predicted octanol–water partition coefficient (Wildman–Crippen LogP) is 8.78. The number of nitro benzene ring substituents is 1. The molecule has 0 spiro atoms. The first kappa shape index (κ1) is 43.9. The number of aromatic nitrogens is 4. The van der Waals surface area contributed by atoms with Crippen molar-refractivity contribution in [1.29, 1.82) is 0 Å². The predicted molar refractivity (Wildman–Crippen MR) is 240 cm³/mol. The number of nitrogens with zero attached hydrogens (tertiary/aromatic N) is 3. The van der Waals surface area contributed by atoms with E-state index < -0.39 is 47.9 Å². The molecule has 0 radical (unpaired) electrons. The Morgan fingerprint density at radius 3 is 1.51 bits per heavy atom. The van der Waals surface area contributed by atoms with Crippen molar-refractivity contribution < 1.29 is 34.8 Å². The number of aliphatic hydroxyl groups is 4. The highest BCUT2D eigenvalue weighted by molar-refractivity contribution is 6.03. The number of nitrogens with one attached hydrogen (secondary N) is 2. The van der Waals surface area contributed by atoms with Crippen LogP contribution in [0.2, 0.25) is 0 Å². The van der Waals surface area contributed by atoms with Gasteiger partial charge in [0, 0.05) is 33.7 Å². The zero-order valence-electron chi connectivity index (χ0n) is 36.5. The summed E-state index contributed by atoms with van der Waals surface area (Å²) < 4.78 is 11.5. The minimum Gasteiger partial charge on any atom is -0.455 e. The molecule has 13 nitrogen and oxygen atoms in total. The van der Waals surface area contributed by atoms with Gasteiger partial charge in [-0.2, -0.15) is 0 Å². The van der Waals surface area contributed by atoms with Crippen molar-refractivity contribution in [3.63, 3.8) is 0 Å². The van der Waals surface area contributed by atoms with Crippen molar-refractivity contribution in [2.75, 3.05) is 6.61 Å². The Labute approximate surface area is 356 Å². The Kier molecular flexibility index (Phi) is 13.0. The molecule has 61 heavy (non-hydrogen) atoms. The molecule has 324 valence electrons. The molecule has 13 heteroatoms. The van der Waals surface area contributed by atoms with Gasteiger partial charge in [0.1, 0.15) is 24.4 Å². The average Bonchev–Trinajstić information content (AvgIpc) is 3.99. The number of aliphatic hydroxyl groups excluding tert-OH is 4. The fourth-order valence-corrected chi connectivity index (χ4v) is 9.67. The van der Waals surface area contributed by atoms with Crippen molar-refractivity contribution in [3.05, 3.63) is 91.5 Å². The van der Waals surface area contributed by atoms with Gasteiger partial charge in [-0.1, -0.05) is 61.5 Å². The first-order chi connectivity index (χ1) is 29.4. The lowest BCUT2D eigenvalue weighted by Crippen LogP contribution is -2.60. The molecule has 1 saturated heterocycles. The molecule has 5 atom stereocenters. The average molecular weight is 834 g/mol. The normalized spacial score (nSPS) is 20.5. The molecular weight excluding hydrogens is 775 g/mol. The minimum absolute atomic E-state index is 0.227. The zero-order valence-corrected chi connectivity index (χ0v) is 36.5. The topological polar surface area (TPSA) is 200 Å². The van der Waals surface area contributed by atoms with E-state index in [9.17, 15) is 30.5 Å². The monoisotopic (exact) mass is 833 g/mol. The van der Waals surface area contributed by atoms with Crippen LogP contribution in [0.15, 0.2) is 36.4 Å². The molecule has 8 bridgehead atoms. The maximum Gasteiger partial charge on any atom is 0.311 e. The number of hydrogen-bond donors (Lipinski definition) is 6. The number of aromatic amines is 2. The van der Waals surface area contributed by atoms with E-state index in [0.29, 0.717) is 48.2 Å². The third kappa shape index (κ3) is 7.60. The van der Waals surface area contributed by atoms with E-state index in [1.807, 2.05) is 0 Å². The maximum atomic E-state index is 12.9. The quantitative estimate of drug-likeness (QED) is 0.0559. The zero-order chi connectivity index (χ0) is 43.9. The number of fused-ring (bicyclic) bond motifs is 8. The fourth-order valence-electron chi connectivity index (χ4n) is 9.67. The Morgan fingerprint density at radius 2 is 1.10 bits per heavy atom. The molecule has 3 aliphatic heterocycles. The molecule has 6 N–H and O–H groups in total. The van der Waals surface area contributed by atoms with E-state index in [-0.39, 0.29) is 5.75 Å². The van der Waals surface area contributed by atoms with Gasteiger partial charge in [0.2, 0.25) is 6.29 Å². The van der Waals surface area contributed by atoms with Crippen LogP contribution < -0.4 is 4.74 Å². The molecule has 7 rings (SSSR count). The largest absolute Gasteiger partial charge is 0.455 e. The van der Waals surface area contributed by atoms with Crippen LogP contribution in [0.25, 0.3) is 55.5 Å². The molecule has 1 fully saturated rings. The number of H-pyrrole nitrogens is 2. The molecule has 4 aromatic rings. The Morgan fingerprint density at radius 1 is 0.639 bits per heavy atom. The van der Waals surface area contributed by atoms with Crippen LogP contribution in [-0.4, -0.2) is 82.6 Å². The number of allylic oxidation sites excluding steroid dienone is 4. The molecule has 0 amide bonds. The summed E-state index contributed by atoms with van der Waals surface area (Å²) in [5.41, 5.74) is 17.3. The van der Waals surface area contributed by atoms with Gasteiger partial charge in [-0.15, -0.1) is 0 Å². The number of nitro groups is 1. The second-order valence-corrected chi connectivity index (χ2v) is 15.8. The molecule has 0 unspecified atom stereocenters. The fraction of sp³-hybridized carbons (Fsp3) is 0.458. The minimum atomic E-state index is -1.75. The van der Waals surface area contributed by atoms with Gasteiger partial charge in [0.25, 0.3) is 0 Å². The first-order valence-corrected chi connectivity index (χ1v) is 21.9. The van der Waals surface area contributed by atoms with E-state index in [1.165, 1.54) is 34.4 Å². The summed E-state index contributed by atoms with van der Waals surface area (Å²) in [4.78, 5) is 30.9. The van der Waals surface area contributed by atoms with Crippen LogP contribution in [-0.2, 0) is 30.4 Å². The molecule has 0 aliphatic carbocycles. The van der Waals surface area contributed by atoms with Crippen molar-refractivity contribution >= 4 is 50.0 Å². The Balaban J connectivity index is 1.62. The summed E-state index contributed by atoms with van der Waals surface area (Å²) in [6, 6.07) is 11.2. The summed E-state index contributed by atoms with van der Waals surface area (Å²) in [5, 5.41) is 54.2. The molecule has 3 aromatic heterocycles. The second-order valence-electron chi connectivity index (χ2n) is 15.8. The third-order valence-corrected chi connectivity index (χ3v) is 12.6. The summed E-state index contributed by atoms with van der Waals surface area (Å²) in [7, 11) is 0. The van der Waals surface area contributed by atoms with Crippen LogP contribution in [0.5, 0.6) is 5.75 Å². The van der Waals surface area contributed by atoms with Crippen molar-refractivity contribution in [3.8, 4) is 16.9 Å². The van der Waals surface area contributed by atoms with Crippen molar-refractivity contribution in [2.24, 2.45) is 0 Å². The summed E-state index contributed by atoms with van der Waals surface area (Å²) in [6.45, 7) is 16.5. The van der Waals surface area contributed by atoms with Gasteiger partial charge in [-0.3, -0.25) is 10.1 Å². The highest BCUT2D eigenvalue weighted by Gasteiger charge is 2.45. The van der Waals surface area contributed by atoms with Gasteiger partial charge in [0.05, 0.1) is 34.3 Å². The van der Waals surface area contributed by atoms with Gasteiger partial charge >= 0.3 is 5.69 Å².